The molecule has 1 amide bonds. The predicted molar refractivity (Wildman–Crippen MR) is 131 cm³/mol. The van der Waals surface area contributed by atoms with Gasteiger partial charge in [0.2, 0.25) is 6.41 Å². The van der Waals surface area contributed by atoms with E-state index in [0.29, 0.717) is 12.1 Å². The molecule has 0 saturated heterocycles. The molecule has 0 aliphatic heterocycles. The zero-order valence-electron chi connectivity index (χ0n) is 16.5. The van der Waals surface area contributed by atoms with Crippen LogP contribution in [0.1, 0.15) is 21.8 Å². The van der Waals surface area contributed by atoms with Crippen molar-refractivity contribution in [2.24, 2.45) is 0 Å². The Morgan fingerprint density at radius 2 is 1.31 bits per heavy atom. The monoisotopic (exact) mass is 437 g/mol. The number of hydrogen-bond donors (Lipinski definition) is 2. The minimum absolute atomic E-state index is 0. The first kappa shape index (κ1) is 32.2. The topological polar surface area (TPSA) is 103 Å². The largest absolute Gasteiger partial charge is 0.399 e. The molecule has 32 heavy (non-hydrogen) atoms. The lowest BCUT2D eigenvalue weighted by Crippen LogP contribution is -1.93. The van der Waals surface area contributed by atoms with Crippen LogP contribution in [0.15, 0.2) is 91.0 Å². The van der Waals surface area contributed by atoms with E-state index in [9.17, 15) is 14.4 Å². The van der Waals surface area contributed by atoms with Gasteiger partial charge in [-0.2, -0.15) is 0 Å². The Morgan fingerprint density at radius 3 is 1.56 bits per heavy atom. The van der Waals surface area contributed by atoms with Crippen molar-refractivity contribution in [1.29, 1.82) is 0 Å². The first-order valence-electron chi connectivity index (χ1n) is 8.62. The number of amides is 1. The van der Waals surface area contributed by atoms with Crippen molar-refractivity contribution in [2.45, 2.75) is 21.8 Å². The van der Waals surface area contributed by atoms with E-state index < -0.39 is 5.97 Å². The second-order valence-electron chi connectivity index (χ2n) is 5.19. The second kappa shape index (κ2) is 22.8. The smallest absolute Gasteiger partial charge is 0.310 e. The van der Waals surface area contributed by atoms with Crippen LogP contribution in [0.5, 0.6) is 0 Å². The minimum Gasteiger partial charge on any atom is -0.399 e. The van der Waals surface area contributed by atoms with Crippen LogP contribution in [0.3, 0.4) is 0 Å². The van der Waals surface area contributed by atoms with E-state index in [4.69, 9.17) is 12.3 Å². The van der Waals surface area contributed by atoms with E-state index in [1.54, 1.807) is 12.1 Å². The van der Waals surface area contributed by atoms with Crippen molar-refractivity contribution in [3.63, 3.8) is 0 Å². The first-order valence-corrected chi connectivity index (χ1v) is 8.62. The van der Waals surface area contributed by atoms with Crippen molar-refractivity contribution in [2.75, 3.05) is 11.1 Å². The van der Waals surface area contributed by atoms with Crippen LogP contribution in [0.4, 0.5) is 17.1 Å². The Bertz CT molecular complexity index is 881. The lowest BCUT2D eigenvalue weighted by atomic mass is 10.3. The molecule has 3 aromatic carbocycles. The highest BCUT2D eigenvalue weighted by Crippen LogP contribution is 2.07. The fraction of sp³-hybridized carbons (Fsp3) is 0.120. The van der Waals surface area contributed by atoms with E-state index in [1.807, 2.05) is 78.9 Å². The highest BCUT2D eigenvalue weighted by atomic mass is 16.6. The Kier molecular flexibility index (Phi) is 23.0. The Balaban J connectivity index is -0.000000347. The molecule has 0 aliphatic carbocycles. The first-order chi connectivity index (χ1) is 14.5. The molecule has 0 radical (unpaired) electrons. The third-order valence-corrected chi connectivity index (χ3v) is 2.90. The quantitative estimate of drug-likeness (QED) is 0.179. The molecule has 0 heterocycles. The number of nitrogens with two attached hydrogens (primary N) is 1. The van der Waals surface area contributed by atoms with E-state index in [2.05, 4.69) is 14.9 Å². The molecule has 170 valence electrons. The van der Waals surface area contributed by atoms with Crippen LogP contribution in [0.25, 0.3) is 4.85 Å². The number of esters is 1. The summed E-state index contributed by atoms with van der Waals surface area (Å²) in [5.41, 5.74) is 7.71. The number of rotatable bonds is 3. The molecule has 0 aliphatic rings. The normalized spacial score (nSPS) is 7.50. The lowest BCUT2D eigenvalue weighted by Gasteiger charge is -1.93. The fourth-order valence-electron chi connectivity index (χ4n) is 1.63. The summed E-state index contributed by atoms with van der Waals surface area (Å²) in [6.07, 6.45) is 0.662. The summed E-state index contributed by atoms with van der Waals surface area (Å²) in [5.74, 6) is -0.579. The van der Waals surface area contributed by atoms with Gasteiger partial charge in [-0.15, -0.1) is 0 Å². The van der Waals surface area contributed by atoms with Gasteiger partial charge in [-0.25, -0.2) is 4.85 Å². The molecular weight excluding hydrogens is 406 g/mol. The van der Waals surface area contributed by atoms with Gasteiger partial charge in [0.05, 0.1) is 6.57 Å². The number of carbonyl (C=O) groups excluding carboxylic acids is 3. The zero-order valence-corrected chi connectivity index (χ0v) is 16.5. The molecule has 0 atom stereocenters. The van der Waals surface area contributed by atoms with Gasteiger partial charge in [0, 0.05) is 18.3 Å². The molecule has 0 fully saturated rings. The molecule has 0 bridgehead atoms. The molecule has 0 unspecified atom stereocenters. The Labute approximate surface area is 190 Å². The number of nitrogens with zero attached hydrogens (tertiary/aromatic N) is 1. The summed E-state index contributed by atoms with van der Waals surface area (Å²) in [7, 11) is 0. The molecule has 0 saturated carbocycles. The summed E-state index contributed by atoms with van der Waals surface area (Å²) in [6, 6.07) is 28.0. The number of para-hydroxylation sites is 3. The average Bonchev–Trinajstić information content (AvgIpc) is 2.77. The Hall–Kier alpha value is -4.44. The summed E-state index contributed by atoms with van der Waals surface area (Å²) in [6.45, 7) is 7.83. The maximum atomic E-state index is 9.86. The molecule has 0 aromatic heterocycles. The van der Waals surface area contributed by atoms with Crippen LogP contribution in [0, 0.1) is 6.57 Å². The van der Waals surface area contributed by atoms with Crippen molar-refractivity contribution >= 4 is 35.9 Å². The van der Waals surface area contributed by atoms with E-state index in [0.717, 1.165) is 18.3 Å². The number of carbonyl (C=O) groups is 3. The van der Waals surface area contributed by atoms with Crippen LogP contribution < -0.4 is 11.1 Å². The third-order valence-electron chi connectivity index (χ3n) is 2.90. The summed E-state index contributed by atoms with van der Waals surface area (Å²) >= 11 is 0. The van der Waals surface area contributed by atoms with Gasteiger partial charge in [-0.1, -0.05) is 81.6 Å². The number of nitrogen functional groups attached to an aromatic ring is 1. The average molecular weight is 438 g/mol. The minimum atomic E-state index is -0.579. The van der Waals surface area contributed by atoms with Crippen LogP contribution in [-0.4, -0.2) is 18.9 Å². The number of anilines is 2. The van der Waals surface area contributed by atoms with Gasteiger partial charge >= 0.3 is 12.4 Å². The van der Waals surface area contributed by atoms with E-state index in [1.165, 1.54) is 0 Å². The van der Waals surface area contributed by atoms with E-state index >= 15 is 0 Å². The van der Waals surface area contributed by atoms with Crippen molar-refractivity contribution in [3.05, 3.63) is 102 Å². The molecule has 3 rings (SSSR count). The number of benzene rings is 3. The molecule has 3 aromatic rings. The number of hydrogen-bond acceptors (Lipinski definition) is 5. The van der Waals surface area contributed by atoms with Gasteiger partial charge in [0.1, 0.15) is 0 Å². The molecule has 3 N–H and O–H groups in total. The highest BCUT2D eigenvalue weighted by molar-refractivity contribution is 5.73. The fourth-order valence-corrected chi connectivity index (χ4v) is 1.63. The zero-order chi connectivity index (χ0) is 22.5. The number of ether oxygens (including phenoxy) is 1. The summed E-state index contributed by atoms with van der Waals surface area (Å²) in [4.78, 5) is 31.8. The van der Waals surface area contributed by atoms with E-state index in [-0.39, 0.29) is 21.3 Å². The summed E-state index contributed by atoms with van der Waals surface area (Å²) < 4.78 is 3.72. The third kappa shape index (κ3) is 20.3. The second-order valence-corrected chi connectivity index (χ2v) is 5.19. The van der Waals surface area contributed by atoms with Crippen LogP contribution in [0.2, 0.25) is 0 Å². The maximum absolute atomic E-state index is 9.86. The van der Waals surface area contributed by atoms with Crippen molar-refractivity contribution < 1.29 is 19.1 Å². The molecular formula is C25H31N3O4. The van der Waals surface area contributed by atoms with Crippen LogP contribution in [-0.2, 0) is 19.1 Å². The van der Waals surface area contributed by atoms with Gasteiger partial charge < -0.3 is 15.8 Å². The van der Waals surface area contributed by atoms with Gasteiger partial charge in [-0.3, -0.25) is 14.4 Å². The maximum Gasteiger partial charge on any atom is 0.310 e. The summed E-state index contributed by atoms with van der Waals surface area (Å²) in [5, 5.41) is 2.53. The standard InChI is InChI=1S/C7H7NO.C7H5N.C6H7N.C3H4O3.2CH4/c9-6-8-7-4-2-1-3-5-7;1-8-7-5-3-2-4-6-7;7-6-4-2-1-3-5-6;1-3(5)6-2-4;;/h1-6H,(H,8,9);2-6H;1-5H,7H2;2H,1H3;2*1H4. The Morgan fingerprint density at radius 1 is 0.875 bits per heavy atom. The van der Waals surface area contributed by atoms with Crippen LogP contribution >= 0.6 is 0 Å². The SMILES string of the molecule is C.C.CC(=O)OC=O.Nc1ccccc1.O=CNc1ccccc1.[C-]#[N+]c1ccccc1. The van der Waals surface area contributed by atoms with Gasteiger partial charge in [-0.05, 0) is 24.3 Å². The molecule has 7 nitrogen and oxygen atoms in total. The van der Waals surface area contributed by atoms with Gasteiger partial charge in [0.25, 0.3) is 0 Å². The van der Waals surface area contributed by atoms with Crippen molar-refractivity contribution in [3.8, 4) is 0 Å². The predicted octanol–water partition coefficient (Wildman–Crippen LogP) is 5.74. The molecule has 0 spiro atoms. The van der Waals surface area contributed by atoms with Gasteiger partial charge in [0.15, 0.2) is 5.69 Å². The van der Waals surface area contributed by atoms with Crippen molar-refractivity contribution in [1.82, 2.24) is 0 Å². The molecule has 7 heteroatoms. The lowest BCUT2D eigenvalue weighted by molar-refractivity contribution is -0.149. The highest BCUT2D eigenvalue weighted by Gasteiger charge is 1.82. The number of nitrogens with one attached hydrogen (secondary N) is 1.